The van der Waals surface area contributed by atoms with Crippen molar-refractivity contribution in [3.63, 3.8) is 0 Å². The molecule has 1 aliphatic heterocycles. The van der Waals surface area contributed by atoms with E-state index in [0.717, 1.165) is 16.3 Å². The number of benzene rings is 2. The van der Waals surface area contributed by atoms with E-state index in [-0.39, 0.29) is 5.82 Å². The molecular weight excluding hydrogens is 347 g/mol. The molecule has 1 heterocycles. The maximum Gasteiger partial charge on any atom is 0.132 e. The Labute approximate surface area is 136 Å². The lowest BCUT2D eigenvalue weighted by Crippen LogP contribution is -2.16. The maximum atomic E-state index is 14.2. The van der Waals surface area contributed by atoms with Crippen LogP contribution in [0.25, 0.3) is 5.57 Å². The first-order chi connectivity index (χ1) is 10.7. The van der Waals surface area contributed by atoms with Crippen LogP contribution in [0.2, 0.25) is 0 Å². The molecule has 22 heavy (non-hydrogen) atoms. The monoisotopic (exact) mass is 360 g/mol. The lowest BCUT2D eigenvalue weighted by atomic mass is 9.84. The van der Waals surface area contributed by atoms with Gasteiger partial charge in [-0.05, 0) is 24.3 Å². The molecule has 2 aromatic carbocycles. The van der Waals surface area contributed by atoms with E-state index in [1.807, 2.05) is 25.1 Å². The Morgan fingerprint density at radius 3 is 2.73 bits per heavy atom. The minimum atomic E-state index is -0.534. The van der Waals surface area contributed by atoms with E-state index in [4.69, 9.17) is 4.74 Å². The lowest BCUT2D eigenvalue weighted by Gasteiger charge is -2.28. The Hall–Kier alpha value is -1.94. The predicted octanol–water partition coefficient (Wildman–Crippen LogP) is 5.08. The van der Waals surface area contributed by atoms with E-state index in [2.05, 4.69) is 15.9 Å². The van der Waals surface area contributed by atoms with Crippen LogP contribution in [0.1, 0.15) is 30.4 Å². The summed E-state index contributed by atoms with van der Waals surface area (Å²) >= 11 is 3.41. The first-order valence-electron chi connectivity index (χ1n) is 7.06. The van der Waals surface area contributed by atoms with Crippen LogP contribution in [-0.4, -0.2) is 6.29 Å². The number of fused-ring (bicyclic) bond motifs is 1. The Morgan fingerprint density at radius 1 is 1.27 bits per heavy atom. The zero-order chi connectivity index (χ0) is 15.7. The first-order valence-corrected chi connectivity index (χ1v) is 7.85. The highest BCUT2D eigenvalue weighted by molar-refractivity contribution is 9.10. The van der Waals surface area contributed by atoms with Crippen LogP contribution in [-0.2, 0) is 4.79 Å². The highest BCUT2D eigenvalue weighted by Crippen LogP contribution is 2.45. The van der Waals surface area contributed by atoms with Crippen LogP contribution in [0.4, 0.5) is 4.39 Å². The number of hydrogen-bond donors (Lipinski definition) is 0. The summed E-state index contributed by atoms with van der Waals surface area (Å²) in [6.07, 6.45) is 1.44. The van der Waals surface area contributed by atoms with Crippen LogP contribution >= 0.6 is 15.9 Å². The van der Waals surface area contributed by atoms with Gasteiger partial charge in [0.2, 0.25) is 0 Å². The summed E-state index contributed by atoms with van der Waals surface area (Å²) in [4.78, 5) is 11.8. The highest BCUT2D eigenvalue weighted by Gasteiger charge is 2.31. The minimum Gasteiger partial charge on any atom is -0.461 e. The first kappa shape index (κ1) is 15.0. The molecule has 0 bridgehead atoms. The molecular formula is C18H14BrFO2. The van der Waals surface area contributed by atoms with Crippen molar-refractivity contribution in [2.75, 3.05) is 0 Å². The summed E-state index contributed by atoms with van der Waals surface area (Å²) in [5, 5.41) is 0. The number of rotatable bonds is 3. The largest absolute Gasteiger partial charge is 0.461 e. The molecule has 0 N–H and O–H groups in total. The maximum absolute atomic E-state index is 14.2. The van der Waals surface area contributed by atoms with E-state index in [9.17, 15) is 9.18 Å². The topological polar surface area (TPSA) is 26.3 Å². The fourth-order valence-electron chi connectivity index (χ4n) is 2.77. The van der Waals surface area contributed by atoms with Gasteiger partial charge in [0, 0.05) is 27.6 Å². The van der Waals surface area contributed by atoms with E-state index < -0.39 is 5.92 Å². The average molecular weight is 361 g/mol. The van der Waals surface area contributed by atoms with Gasteiger partial charge >= 0.3 is 0 Å². The molecule has 1 atom stereocenters. The molecule has 0 fully saturated rings. The van der Waals surface area contributed by atoms with Crippen molar-refractivity contribution in [2.45, 2.75) is 19.3 Å². The van der Waals surface area contributed by atoms with Gasteiger partial charge in [-0.15, -0.1) is 0 Å². The number of halogens is 2. The molecule has 0 saturated carbocycles. The van der Waals surface area contributed by atoms with Gasteiger partial charge in [0.15, 0.2) is 0 Å². The predicted molar refractivity (Wildman–Crippen MR) is 87.2 cm³/mol. The molecule has 1 aliphatic rings. The van der Waals surface area contributed by atoms with E-state index in [0.29, 0.717) is 29.1 Å². The number of carbonyl (C=O) groups excluding carboxylic acids is 1. The van der Waals surface area contributed by atoms with Gasteiger partial charge in [-0.1, -0.05) is 41.1 Å². The molecule has 0 spiro atoms. The van der Waals surface area contributed by atoms with Gasteiger partial charge in [0.25, 0.3) is 0 Å². The Bertz CT molecular complexity index is 767. The van der Waals surface area contributed by atoms with E-state index >= 15 is 0 Å². The summed E-state index contributed by atoms with van der Waals surface area (Å²) in [7, 11) is 0. The molecule has 112 valence electrons. The number of ether oxygens (including phenoxy) is 1. The Balaban J connectivity index is 2.24. The molecule has 3 rings (SSSR count). The standard InChI is InChI=1S/C18H14BrFO2/c1-2-16-18(12-5-3-4-6-15(12)20)14(10-21)13-9-11(19)7-8-17(13)22-16/h3-10,14H,2H2,1H3. The fraction of sp³-hybridized carbons (Fsp3) is 0.167. The third kappa shape index (κ3) is 2.48. The zero-order valence-electron chi connectivity index (χ0n) is 12.0. The van der Waals surface area contributed by atoms with Crippen LogP contribution < -0.4 is 4.74 Å². The van der Waals surface area contributed by atoms with Gasteiger partial charge < -0.3 is 9.53 Å². The highest BCUT2D eigenvalue weighted by atomic mass is 79.9. The second-order valence-electron chi connectivity index (χ2n) is 5.07. The van der Waals surface area contributed by atoms with Crippen molar-refractivity contribution in [3.05, 3.63) is 69.6 Å². The molecule has 0 amide bonds. The lowest BCUT2D eigenvalue weighted by molar-refractivity contribution is -0.108. The van der Waals surface area contributed by atoms with Gasteiger partial charge in [-0.25, -0.2) is 4.39 Å². The Kier molecular flexibility index (Phi) is 4.12. The molecule has 0 radical (unpaired) electrons. The smallest absolute Gasteiger partial charge is 0.132 e. The van der Waals surface area contributed by atoms with Crippen molar-refractivity contribution in [2.24, 2.45) is 0 Å². The van der Waals surface area contributed by atoms with Crippen molar-refractivity contribution in [3.8, 4) is 5.75 Å². The molecule has 1 unspecified atom stereocenters. The quantitative estimate of drug-likeness (QED) is 0.713. The molecule has 0 aromatic heterocycles. The van der Waals surface area contributed by atoms with Crippen LogP contribution in [0, 0.1) is 5.82 Å². The minimum absolute atomic E-state index is 0.350. The Morgan fingerprint density at radius 2 is 2.05 bits per heavy atom. The third-order valence-corrected chi connectivity index (χ3v) is 4.27. The van der Waals surface area contributed by atoms with Gasteiger partial charge in [0.05, 0.1) is 5.92 Å². The van der Waals surface area contributed by atoms with Gasteiger partial charge in [-0.2, -0.15) is 0 Å². The molecule has 0 saturated heterocycles. The summed E-state index contributed by atoms with van der Waals surface area (Å²) in [5.41, 5.74) is 1.78. The zero-order valence-corrected chi connectivity index (χ0v) is 13.6. The fourth-order valence-corrected chi connectivity index (χ4v) is 3.15. The third-order valence-electron chi connectivity index (χ3n) is 3.77. The summed E-state index contributed by atoms with van der Waals surface area (Å²) in [6.45, 7) is 1.93. The van der Waals surface area contributed by atoms with Crippen molar-refractivity contribution < 1.29 is 13.9 Å². The van der Waals surface area contributed by atoms with Crippen LogP contribution in [0.3, 0.4) is 0 Å². The molecule has 0 aliphatic carbocycles. The van der Waals surface area contributed by atoms with E-state index in [1.165, 1.54) is 6.07 Å². The summed E-state index contributed by atoms with van der Waals surface area (Å²) in [5.74, 6) is 0.403. The second kappa shape index (κ2) is 6.05. The summed E-state index contributed by atoms with van der Waals surface area (Å²) < 4.78 is 21.0. The summed E-state index contributed by atoms with van der Waals surface area (Å²) in [6, 6.07) is 12.0. The second-order valence-corrected chi connectivity index (χ2v) is 5.98. The van der Waals surface area contributed by atoms with Gasteiger partial charge in [-0.3, -0.25) is 0 Å². The SMILES string of the molecule is CCC1=C(c2ccccc2F)C(C=O)c2cc(Br)ccc2O1. The molecule has 4 heteroatoms. The number of hydrogen-bond acceptors (Lipinski definition) is 2. The number of carbonyl (C=O) groups is 1. The van der Waals surface area contributed by atoms with Crippen LogP contribution in [0.15, 0.2) is 52.7 Å². The van der Waals surface area contributed by atoms with Crippen molar-refractivity contribution in [1.82, 2.24) is 0 Å². The number of aldehydes is 1. The average Bonchev–Trinajstić information content (AvgIpc) is 2.53. The van der Waals surface area contributed by atoms with E-state index in [1.54, 1.807) is 18.2 Å². The normalized spacial score (nSPS) is 17.0. The molecule has 2 aromatic rings. The van der Waals surface area contributed by atoms with Crippen molar-refractivity contribution in [1.29, 1.82) is 0 Å². The van der Waals surface area contributed by atoms with Crippen LogP contribution in [0.5, 0.6) is 5.75 Å². The molecule has 2 nitrogen and oxygen atoms in total. The van der Waals surface area contributed by atoms with Gasteiger partial charge in [0.1, 0.15) is 23.6 Å². The van der Waals surface area contributed by atoms with Crippen molar-refractivity contribution >= 4 is 27.8 Å². The number of allylic oxidation sites excluding steroid dienone is 2.